The monoisotopic (exact) mass is 424 g/mol. The fourth-order valence-corrected chi connectivity index (χ4v) is 2.63. The Morgan fingerprint density at radius 3 is 2.75 bits per heavy atom. The molecule has 2 rings (SSSR count). The molecule has 1 N–H and O–H groups in total. The molecule has 130 valence electrons. The van der Waals surface area contributed by atoms with E-state index in [4.69, 9.17) is 21.7 Å². The number of nitrogens with zero attached hydrogens (tertiary/aromatic N) is 3. The van der Waals surface area contributed by atoms with Crippen molar-refractivity contribution in [2.75, 3.05) is 13.7 Å². The van der Waals surface area contributed by atoms with Crippen molar-refractivity contribution in [3.05, 3.63) is 32.8 Å². The van der Waals surface area contributed by atoms with E-state index in [2.05, 4.69) is 31.2 Å². The van der Waals surface area contributed by atoms with Gasteiger partial charge in [0.25, 0.3) is 5.82 Å². The lowest BCUT2D eigenvalue weighted by Crippen LogP contribution is -2.12. The topological polar surface area (TPSA) is 64.4 Å². The molecule has 0 aliphatic carbocycles. The van der Waals surface area contributed by atoms with Gasteiger partial charge in [-0.25, -0.2) is 5.10 Å². The van der Waals surface area contributed by atoms with Crippen molar-refractivity contribution in [3.8, 4) is 11.5 Å². The summed E-state index contributed by atoms with van der Waals surface area (Å²) in [6.45, 7) is 2.20. The van der Waals surface area contributed by atoms with Crippen LogP contribution in [-0.2, 0) is 6.18 Å². The minimum Gasteiger partial charge on any atom is -0.492 e. The molecule has 0 bridgehead atoms. The molecule has 1 aromatic carbocycles. The molecular weight excluding hydrogens is 413 g/mol. The number of hydrogen-bond donors (Lipinski definition) is 1. The average Bonchev–Trinajstić information content (AvgIpc) is 2.86. The lowest BCUT2D eigenvalue weighted by molar-refractivity contribution is -0.147. The Balaban J connectivity index is 2.44. The number of aromatic nitrogens is 3. The van der Waals surface area contributed by atoms with Crippen molar-refractivity contribution in [2.24, 2.45) is 5.10 Å². The summed E-state index contributed by atoms with van der Waals surface area (Å²) in [6.07, 6.45) is -3.46. The first-order valence-corrected chi connectivity index (χ1v) is 7.77. The number of methoxy groups -OCH3 is 1. The Labute approximate surface area is 148 Å². The number of halogens is 4. The fraction of sp³-hybridized carbons (Fsp3) is 0.308. The lowest BCUT2D eigenvalue weighted by atomic mass is 10.2. The summed E-state index contributed by atoms with van der Waals surface area (Å²) in [5.74, 6) is -0.325. The first kappa shape index (κ1) is 18.5. The van der Waals surface area contributed by atoms with Crippen LogP contribution in [0.3, 0.4) is 0 Å². The van der Waals surface area contributed by atoms with Crippen molar-refractivity contribution in [1.29, 1.82) is 0 Å². The van der Waals surface area contributed by atoms with Gasteiger partial charge in [0.05, 0.1) is 24.4 Å². The molecule has 0 saturated carbocycles. The van der Waals surface area contributed by atoms with E-state index in [1.807, 2.05) is 0 Å². The zero-order valence-electron chi connectivity index (χ0n) is 12.5. The molecule has 0 aliphatic heterocycles. The van der Waals surface area contributed by atoms with E-state index in [0.717, 1.165) is 0 Å². The number of benzene rings is 1. The van der Waals surface area contributed by atoms with Crippen LogP contribution < -0.4 is 9.47 Å². The third kappa shape index (κ3) is 3.96. The lowest BCUT2D eigenvalue weighted by Gasteiger charge is -2.11. The summed E-state index contributed by atoms with van der Waals surface area (Å²) in [4.78, 5) is 0. The number of hydrogen-bond acceptors (Lipinski definition) is 5. The largest absolute Gasteiger partial charge is 0.492 e. The molecule has 0 saturated heterocycles. The van der Waals surface area contributed by atoms with Gasteiger partial charge in [0, 0.05) is 0 Å². The van der Waals surface area contributed by atoms with Crippen molar-refractivity contribution in [2.45, 2.75) is 13.1 Å². The van der Waals surface area contributed by atoms with Gasteiger partial charge in [0.2, 0.25) is 4.77 Å². The highest BCUT2D eigenvalue weighted by Gasteiger charge is 2.37. The maximum absolute atomic E-state index is 12.8. The van der Waals surface area contributed by atoms with Gasteiger partial charge in [0.1, 0.15) is 0 Å². The first-order chi connectivity index (χ1) is 11.3. The highest BCUT2D eigenvalue weighted by Crippen LogP contribution is 2.36. The molecule has 0 spiro atoms. The maximum atomic E-state index is 12.8. The third-order valence-corrected chi connectivity index (χ3v) is 3.62. The Bertz CT molecular complexity index is 817. The van der Waals surface area contributed by atoms with Crippen LogP contribution in [0.2, 0.25) is 0 Å². The van der Waals surface area contributed by atoms with Crippen molar-refractivity contribution in [1.82, 2.24) is 14.9 Å². The fourth-order valence-electron chi connectivity index (χ4n) is 1.83. The van der Waals surface area contributed by atoms with Gasteiger partial charge in [-0.3, -0.25) is 0 Å². The van der Waals surface area contributed by atoms with Gasteiger partial charge in [-0.2, -0.15) is 22.9 Å². The van der Waals surface area contributed by atoms with Gasteiger partial charge in [-0.15, -0.1) is 5.10 Å². The summed E-state index contributed by atoms with van der Waals surface area (Å²) in [6, 6.07) is 3.22. The molecule has 11 heteroatoms. The van der Waals surface area contributed by atoms with E-state index < -0.39 is 12.0 Å². The quantitative estimate of drug-likeness (QED) is 0.581. The number of aromatic amines is 1. The van der Waals surface area contributed by atoms with E-state index in [0.29, 0.717) is 32.8 Å². The van der Waals surface area contributed by atoms with Gasteiger partial charge >= 0.3 is 6.18 Å². The average molecular weight is 425 g/mol. The molecule has 0 unspecified atom stereocenters. The number of alkyl halides is 3. The molecule has 1 aromatic heterocycles. The second kappa shape index (κ2) is 7.34. The number of rotatable bonds is 5. The Morgan fingerprint density at radius 2 is 2.17 bits per heavy atom. The summed E-state index contributed by atoms with van der Waals surface area (Å²) in [5.41, 5.74) is 0.488. The second-order valence-corrected chi connectivity index (χ2v) is 5.61. The molecule has 0 fully saturated rings. The summed E-state index contributed by atoms with van der Waals surface area (Å²) in [5, 5.41) is 8.97. The molecule has 0 amide bonds. The summed E-state index contributed by atoms with van der Waals surface area (Å²) >= 11 is 8.08. The van der Waals surface area contributed by atoms with E-state index in [9.17, 15) is 13.2 Å². The minimum absolute atomic E-state index is 0.267. The molecular formula is C13H12BrF3N4O2S. The van der Waals surface area contributed by atoms with Gasteiger partial charge in [0.15, 0.2) is 11.5 Å². The first-order valence-electron chi connectivity index (χ1n) is 6.57. The third-order valence-electron chi connectivity index (χ3n) is 2.76. The van der Waals surface area contributed by atoms with E-state index >= 15 is 0 Å². The molecule has 2 aromatic rings. The van der Waals surface area contributed by atoms with Crippen molar-refractivity contribution < 1.29 is 22.6 Å². The van der Waals surface area contributed by atoms with Gasteiger partial charge in [-0.1, -0.05) is 0 Å². The van der Waals surface area contributed by atoms with Gasteiger partial charge in [-0.05, 0) is 52.8 Å². The molecule has 0 radical (unpaired) electrons. The molecule has 0 atom stereocenters. The zero-order valence-corrected chi connectivity index (χ0v) is 14.9. The van der Waals surface area contributed by atoms with Crippen LogP contribution in [0.4, 0.5) is 13.2 Å². The van der Waals surface area contributed by atoms with Crippen LogP contribution in [0.15, 0.2) is 21.7 Å². The smallest absolute Gasteiger partial charge is 0.453 e. The number of H-pyrrole nitrogens is 1. The predicted molar refractivity (Wildman–Crippen MR) is 87.3 cm³/mol. The van der Waals surface area contributed by atoms with E-state index in [1.165, 1.54) is 13.3 Å². The maximum Gasteiger partial charge on any atom is 0.453 e. The van der Waals surface area contributed by atoms with Crippen LogP contribution >= 0.6 is 28.1 Å². The second-order valence-electron chi connectivity index (χ2n) is 4.37. The van der Waals surface area contributed by atoms with Crippen LogP contribution in [-0.4, -0.2) is 34.8 Å². The molecule has 6 nitrogen and oxygen atoms in total. The molecule has 0 aliphatic rings. The Kier molecular flexibility index (Phi) is 5.65. The van der Waals surface area contributed by atoms with Crippen LogP contribution in [0.5, 0.6) is 11.5 Å². The number of ether oxygens (including phenoxy) is 2. The standard InChI is InChI=1S/C13H12BrF3N4O2S/c1-3-23-9-5-7(4-8(14)10(9)22-2)6-18-21-11(13(15,16)17)19-20-12(21)24/h4-6H,3H2,1-2H3,(H,20,24)/b18-6-. The van der Waals surface area contributed by atoms with E-state index in [1.54, 1.807) is 19.1 Å². The Morgan fingerprint density at radius 1 is 1.46 bits per heavy atom. The SMILES string of the molecule is CCOc1cc(/C=N\n2c(C(F)(F)F)n[nH]c2=S)cc(Br)c1OC. The molecule has 24 heavy (non-hydrogen) atoms. The predicted octanol–water partition coefficient (Wildman–Crippen LogP) is 4.01. The summed E-state index contributed by atoms with van der Waals surface area (Å²) < 4.78 is 50.0. The zero-order chi connectivity index (χ0) is 17.9. The summed E-state index contributed by atoms with van der Waals surface area (Å²) in [7, 11) is 1.48. The van der Waals surface area contributed by atoms with Gasteiger partial charge < -0.3 is 9.47 Å². The minimum atomic E-state index is -4.68. The van der Waals surface area contributed by atoms with E-state index in [-0.39, 0.29) is 4.77 Å². The van der Waals surface area contributed by atoms with Crippen molar-refractivity contribution in [3.63, 3.8) is 0 Å². The van der Waals surface area contributed by atoms with Crippen LogP contribution in [0, 0.1) is 4.77 Å². The Hall–Kier alpha value is -1.88. The van der Waals surface area contributed by atoms with Crippen LogP contribution in [0.1, 0.15) is 18.3 Å². The van der Waals surface area contributed by atoms with Crippen LogP contribution in [0.25, 0.3) is 0 Å². The van der Waals surface area contributed by atoms with Crippen molar-refractivity contribution >= 4 is 34.4 Å². The number of nitrogens with one attached hydrogen (secondary N) is 1. The highest BCUT2D eigenvalue weighted by molar-refractivity contribution is 9.10. The highest BCUT2D eigenvalue weighted by atomic mass is 79.9. The normalized spacial score (nSPS) is 11.9. The molecule has 1 heterocycles.